The van der Waals surface area contributed by atoms with E-state index in [0.717, 1.165) is 0 Å². The van der Waals surface area contributed by atoms with Gasteiger partial charge in [0.2, 0.25) is 0 Å². The van der Waals surface area contributed by atoms with E-state index in [2.05, 4.69) is 4.98 Å². The van der Waals surface area contributed by atoms with Crippen molar-refractivity contribution in [2.45, 2.75) is 30.7 Å². The summed E-state index contributed by atoms with van der Waals surface area (Å²) in [5.74, 6) is -0.494. The molecule has 0 radical (unpaired) electrons. The number of nitrogens with zero attached hydrogens (tertiary/aromatic N) is 2. The van der Waals surface area contributed by atoms with Crippen LogP contribution in [0.3, 0.4) is 0 Å². The van der Waals surface area contributed by atoms with E-state index in [4.69, 9.17) is 5.26 Å². The van der Waals surface area contributed by atoms with Gasteiger partial charge in [-0.15, -0.1) is 11.8 Å². The molecule has 9 heteroatoms. The summed E-state index contributed by atoms with van der Waals surface area (Å²) in [5.41, 5.74) is -1.93. The predicted molar refractivity (Wildman–Crippen MR) is 60.1 cm³/mol. The fourth-order valence-corrected chi connectivity index (χ4v) is 2.38. The number of pyridine rings is 1. The van der Waals surface area contributed by atoms with Crippen molar-refractivity contribution >= 4 is 11.8 Å². The predicted octanol–water partition coefficient (Wildman–Crippen LogP) is 4.33. The first-order valence-electron chi connectivity index (χ1n) is 5.23. The highest BCUT2D eigenvalue weighted by Gasteiger charge is 2.36. The Kier molecular flexibility index (Phi) is 4.91. The fourth-order valence-electron chi connectivity index (χ4n) is 1.34. The van der Waals surface area contributed by atoms with Gasteiger partial charge in [-0.25, -0.2) is 4.98 Å². The summed E-state index contributed by atoms with van der Waals surface area (Å²) in [6.45, 7) is 1.28. The Labute approximate surface area is 114 Å². The summed E-state index contributed by atoms with van der Waals surface area (Å²) >= 11 is 0.489. The number of halogens is 6. The summed E-state index contributed by atoms with van der Waals surface area (Å²) in [6, 6.07) is 2.06. The molecule has 0 aromatic carbocycles. The van der Waals surface area contributed by atoms with Crippen LogP contribution in [0, 0.1) is 18.3 Å². The van der Waals surface area contributed by atoms with Gasteiger partial charge in [-0.05, 0) is 13.0 Å². The molecule has 1 aromatic rings. The summed E-state index contributed by atoms with van der Waals surface area (Å²) in [5, 5.41) is 8.46. The molecule has 0 bridgehead atoms. The minimum atomic E-state index is -4.75. The molecule has 0 fully saturated rings. The number of hydrogen-bond acceptors (Lipinski definition) is 3. The van der Waals surface area contributed by atoms with Gasteiger partial charge in [0.1, 0.15) is 11.1 Å². The van der Waals surface area contributed by atoms with Gasteiger partial charge in [-0.1, -0.05) is 0 Å². The van der Waals surface area contributed by atoms with Gasteiger partial charge in [0.15, 0.2) is 0 Å². The molecule has 0 atom stereocenters. The summed E-state index contributed by atoms with van der Waals surface area (Å²) in [7, 11) is 0. The zero-order valence-corrected chi connectivity index (χ0v) is 10.9. The van der Waals surface area contributed by atoms with Crippen LogP contribution < -0.4 is 0 Å². The summed E-state index contributed by atoms with van der Waals surface area (Å²) in [6.07, 6.45) is -10.3. The Hall–Kier alpha value is -1.43. The average Bonchev–Trinajstić information content (AvgIpc) is 2.25. The normalized spacial score (nSPS) is 12.3. The summed E-state index contributed by atoms with van der Waals surface area (Å²) < 4.78 is 74.2. The number of aryl methyl sites for hydroxylation is 1. The molecule has 0 unspecified atom stereocenters. The van der Waals surface area contributed by atoms with Crippen LogP contribution in [0.2, 0.25) is 0 Å². The molecular formula is C11H8F6N2S. The second kappa shape index (κ2) is 5.91. The topological polar surface area (TPSA) is 36.7 Å². The van der Waals surface area contributed by atoms with Crippen LogP contribution in [0.25, 0.3) is 0 Å². The molecule has 110 valence electrons. The average molecular weight is 314 g/mol. The van der Waals surface area contributed by atoms with Crippen molar-refractivity contribution < 1.29 is 26.3 Å². The molecule has 0 amide bonds. The first kappa shape index (κ1) is 16.6. The molecule has 0 N–H and O–H groups in total. The maximum atomic E-state index is 12.7. The Bertz CT molecular complexity index is 529. The van der Waals surface area contributed by atoms with Crippen LogP contribution in [0.5, 0.6) is 0 Å². The van der Waals surface area contributed by atoms with E-state index in [1.807, 2.05) is 0 Å². The second-order valence-corrected chi connectivity index (χ2v) is 4.90. The lowest BCUT2D eigenvalue weighted by Gasteiger charge is -2.13. The van der Waals surface area contributed by atoms with Crippen molar-refractivity contribution in [2.75, 3.05) is 5.75 Å². The maximum Gasteiger partial charge on any atom is 0.417 e. The van der Waals surface area contributed by atoms with Crippen LogP contribution in [-0.2, 0) is 6.18 Å². The van der Waals surface area contributed by atoms with Crippen molar-refractivity contribution in [2.24, 2.45) is 0 Å². The van der Waals surface area contributed by atoms with E-state index in [-0.39, 0.29) is 10.7 Å². The lowest BCUT2D eigenvalue weighted by molar-refractivity contribution is -0.138. The second-order valence-electron chi connectivity index (χ2n) is 3.81. The molecule has 2 nitrogen and oxygen atoms in total. The number of aromatic nitrogens is 1. The lowest BCUT2D eigenvalue weighted by Crippen LogP contribution is -2.11. The number of alkyl halides is 6. The third-order valence-corrected chi connectivity index (χ3v) is 3.13. The summed E-state index contributed by atoms with van der Waals surface area (Å²) in [4.78, 5) is 3.71. The molecular weight excluding hydrogens is 306 g/mol. The van der Waals surface area contributed by atoms with Crippen LogP contribution in [0.4, 0.5) is 26.3 Å². The van der Waals surface area contributed by atoms with Crippen molar-refractivity contribution in [3.05, 3.63) is 22.9 Å². The lowest BCUT2D eigenvalue weighted by atomic mass is 10.1. The van der Waals surface area contributed by atoms with E-state index >= 15 is 0 Å². The largest absolute Gasteiger partial charge is 0.417 e. The van der Waals surface area contributed by atoms with Gasteiger partial charge in [0.05, 0.1) is 17.5 Å². The number of nitriles is 1. The number of hydrogen-bond donors (Lipinski definition) is 0. The maximum absolute atomic E-state index is 12.7. The standard InChI is InChI=1S/C11H8F6N2S/c1-6-4-8(11(15,16)17)7(5-18)9(19-6)20-3-2-10(12,13)14/h4H,2-3H2,1H3. The third-order valence-electron chi connectivity index (χ3n) is 2.16. The molecule has 1 aromatic heterocycles. The Morgan fingerprint density at radius 2 is 1.85 bits per heavy atom. The highest BCUT2D eigenvalue weighted by molar-refractivity contribution is 7.99. The molecule has 1 heterocycles. The van der Waals surface area contributed by atoms with Gasteiger partial charge in [0.25, 0.3) is 0 Å². The van der Waals surface area contributed by atoms with E-state index in [0.29, 0.717) is 17.8 Å². The molecule has 0 aliphatic rings. The SMILES string of the molecule is Cc1cc(C(F)(F)F)c(C#N)c(SCCC(F)(F)F)n1. The van der Waals surface area contributed by atoms with Crippen molar-refractivity contribution in [3.63, 3.8) is 0 Å². The van der Waals surface area contributed by atoms with E-state index in [1.165, 1.54) is 13.0 Å². The highest BCUT2D eigenvalue weighted by atomic mass is 32.2. The van der Waals surface area contributed by atoms with Gasteiger partial charge in [-0.2, -0.15) is 31.6 Å². The molecule has 1 rings (SSSR count). The van der Waals surface area contributed by atoms with E-state index in [1.54, 1.807) is 0 Å². The third kappa shape index (κ3) is 4.59. The first-order valence-corrected chi connectivity index (χ1v) is 6.21. The fraction of sp³-hybridized carbons (Fsp3) is 0.455. The van der Waals surface area contributed by atoms with Gasteiger partial charge in [0, 0.05) is 11.4 Å². The monoisotopic (exact) mass is 314 g/mol. The van der Waals surface area contributed by atoms with Crippen LogP contribution in [-0.4, -0.2) is 16.9 Å². The Balaban J connectivity index is 3.08. The molecule has 20 heavy (non-hydrogen) atoms. The van der Waals surface area contributed by atoms with E-state index < -0.39 is 35.7 Å². The minimum absolute atomic E-state index is 0.00849. The van der Waals surface area contributed by atoms with Gasteiger partial charge >= 0.3 is 12.4 Å². The molecule has 0 spiro atoms. The van der Waals surface area contributed by atoms with Crippen molar-refractivity contribution in [3.8, 4) is 6.07 Å². The zero-order chi connectivity index (χ0) is 15.6. The first-order chi connectivity index (χ1) is 9.04. The minimum Gasteiger partial charge on any atom is -0.245 e. The van der Waals surface area contributed by atoms with E-state index in [9.17, 15) is 26.3 Å². The van der Waals surface area contributed by atoms with Crippen molar-refractivity contribution in [1.29, 1.82) is 5.26 Å². The van der Waals surface area contributed by atoms with Crippen LogP contribution >= 0.6 is 11.8 Å². The van der Waals surface area contributed by atoms with Crippen LogP contribution in [0.15, 0.2) is 11.1 Å². The van der Waals surface area contributed by atoms with Crippen LogP contribution in [0.1, 0.15) is 23.2 Å². The smallest absolute Gasteiger partial charge is 0.245 e. The number of rotatable bonds is 3. The van der Waals surface area contributed by atoms with Gasteiger partial charge in [-0.3, -0.25) is 0 Å². The molecule has 0 aliphatic heterocycles. The molecule has 0 saturated carbocycles. The Morgan fingerprint density at radius 1 is 1.25 bits per heavy atom. The quantitative estimate of drug-likeness (QED) is 0.615. The Morgan fingerprint density at radius 3 is 2.30 bits per heavy atom. The number of thioether (sulfide) groups is 1. The molecule has 0 aliphatic carbocycles. The van der Waals surface area contributed by atoms with Crippen molar-refractivity contribution in [1.82, 2.24) is 4.98 Å². The highest BCUT2D eigenvalue weighted by Crippen LogP contribution is 2.36. The zero-order valence-electron chi connectivity index (χ0n) is 10.1. The van der Waals surface area contributed by atoms with Gasteiger partial charge < -0.3 is 0 Å². The molecule has 0 saturated heterocycles.